The summed E-state index contributed by atoms with van der Waals surface area (Å²) in [6, 6.07) is 9.40. The van der Waals surface area contributed by atoms with Gasteiger partial charge in [-0.15, -0.1) is 13.7 Å². The van der Waals surface area contributed by atoms with Crippen molar-refractivity contribution in [1.82, 2.24) is 9.88 Å². The summed E-state index contributed by atoms with van der Waals surface area (Å²) < 4.78 is 10.3. The zero-order valence-electron chi connectivity index (χ0n) is 32.6. The third-order valence-corrected chi connectivity index (χ3v) is 14.1. The molecule has 2 N–H and O–H groups in total. The number of amidine groups is 5. The minimum atomic E-state index is -0.908. The van der Waals surface area contributed by atoms with Gasteiger partial charge in [0.25, 0.3) is 5.84 Å². The summed E-state index contributed by atoms with van der Waals surface area (Å²) >= 11 is 0. The summed E-state index contributed by atoms with van der Waals surface area (Å²) in [6.07, 6.45) is -0.164. The van der Waals surface area contributed by atoms with E-state index in [4.69, 9.17) is 9.98 Å². The second-order valence-electron chi connectivity index (χ2n) is 16.8. The number of anilines is 1. The Kier molecular flexibility index (Phi) is 4.94. The van der Waals surface area contributed by atoms with Crippen LogP contribution in [-0.4, -0.2) is 47.5 Å². The Bertz CT molecular complexity index is 3010. The summed E-state index contributed by atoms with van der Waals surface area (Å²) in [5.74, 6) is 6.44. The molecule has 8 heterocycles. The zero-order chi connectivity index (χ0) is 36.6. The van der Waals surface area contributed by atoms with E-state index >= 15 is 0 Å². The molecule has 0 saturated heterocycles. The number of hydrogen-bond donors (Lipinski definition) is 2. The van der Waals surface area contributed by atoms with Crippen LogP contribution in [0.25, 0.3) is 10.8 Å². The number of rotatable bonds is 0. The number of nitrogens with one attached hydrogen (secondary N) is 2. The Morgan fingerprint density at radius 3 is 1.66 bits per heavy atom. The molecule has 1 spiro atoms. The maximum Gasteiger partial charge on any atom is 0.464 e. The van der Waals surface area contributed by atoms with E-state index < -0.39 is 5.91 Å². The largest absolute Gasteiger partial charge is 0.464 e. The van der Waals surface area contributed by atoms with Crippen molar-refractivity contribution in [3.8, 4) is 0 Å². The van der Waals surface area contributed by atoms with Crippen LogP contribution in [0.15, 0.2) is 34.3 Å². The fourth-order valence-electron chi connectivity index (χ4n) is 11.3. The van der Waals surface area contributed by atoms with Crippen molar-refractivity contribution in [2.45, 2.75) is 95.2 Å². The third kappa shape index (κ3) is 2.87. The molecule has 5 aromatic rings. The van der Waals surface area contributed by atoms with Gasteiger partial charge in [0.2, 0.25) is 23.7 Å². The van der Waals surface area contributed by atoms with Crippen LogP contribution in [0, 0.1) is 83.1 Å². The number of aryl methyl sites for hydroxylation is 9. The molecule has 0 bridgehead atoms. The van der Waals surface area contributed by atoms with E-state index in [0.717, 1.165) is 40.8 Å². The van der Waals surface area contributed by atoms with E-state index in [2.05, 4.69) is 136 Å². The molecule has 2 atom stereocenters. The highest BCUT2D eigenvalue weighted by molar-refractivity contribution is 6.28. The van der Waals surface area contributed by atoms with Crippen molar-refractivity contribution in [3.05, 3.63) is 124 Å². The summed E-state index contributed by atoms with van der Waals surface area (Å²) in [6.45, 7) is 27.2. The van der Waals surface area contributed by atoms with E-state index in [0.29, 0.717) is 0 Å². The highest BCUT2D eigenvalue weighted by Gasteiger charge is 2.76. The highest BCUT2D eigenvalue weighted by atomic mass is 15.7. The molecule has 0 saturated carbocycles. The minimum Gasteiger partial charge on any atom is -0.328 e. The molecular weight excluding hydrogens is 653 g/mol. The first-order chi connectivity index (χ1) is 25.3. The van der Waals surface area contributed by atoms with Gasteiger partial charge in [-0.2, -0.15) is 4.57 Å². The first-order valence-electron chi connectivity index (χ1n) is 19.0. The molecular formula is C45H43N8+3. The van der Waals surface area contributed by atoms with Gasteiger partial charge in [-0.1, -0.05) is 29.3 Å². The first-order valence-corrected chi connectivity index (χ1v) is 19.0. The Hall–Kier alpha value is -5.63. The average molecular weight is 696 g/mol. The molecule has 0 aliphatic carbocycles. The fourth-order valence-corrected chi connectivity index (χ4v) is 11.3. The SMILES string of the molecule is Cc1cc(C)c2c(c1C)C1=[N+]3C2=NC2=[N+]4C(Nc5c6c(C)c(C)cc(C)c6c6n5C34[N+]3=C(N1)c1c(C)c(C)cc(C)c1C3=N6)c1c(C)c(C)cc(C)c12. The van der Waals surface area contributed by atoms with Gasteiger partial charge in [-0.25, -0.2) is 5.32 Å². The lowest BCUT2D eigenvalue weighted by Gasteiger charge is -2.44. The van der Waals surface area contributed by atoms with Crippen molar-refractivity contribution in [3.63, 3.8) is 0 Å². The Labute approximate surface area is 309 Å². The Morgan fingerprint density at radius 2 is 1.06 bits per heavy atom. The quantitative estimate of drug-likeness (QED) is 0.165. The number of benzene rings is 4. The molecule has 8 heteroatoms. The van der Waals surface area contributed by atoms with Crippen LogP contribution < -0.4 is 10.6 Å². The van der Waals surface area contributed by atoms with Crippen LogP contribution in [0.3, 0.4) is 0 Å². The summed E-state index contributed by atoms with van der Waals surface area (Å²) in [5.41, 5.74) is 22.9. The van der Waals surface area contributed by atoms with E-state index in [1.54, 1.807) is 0 Å². The Morgan fingerprint density at radius 1 is 0.547 bits per heavy atom. The van der Waals surface area contributed by atoms with Crippen LogP contribution in [0.2, 0.25) is 0 Å². The smallest absolute Gasteiger partial charge is 0.328 e. The second-order valence-corrected chi connectivity index (χ2v) is 16.8. The van der Waals surface area contributed by atoms with E-state index in [9.17, 15) is 0 Å². The van der Waals surface area contributed by atoms with E-state index in [1.165, 1.54) is 111 Å². The average Bonchev–Trinajstić information content (AvgIpc) is 3.83. The van der Waals surface area contributed by atoms with Gasteiger partial charge in [0.05, 0.1) is 27.8 Å². The third-order valence-electron chi connectivity index (χ3n) is 14.1. The molecule has 1 aromatic heterocycles. The van der Waals surface area contributed by atoms with Crippen molar-refractivity contribution < 1.29 is 13.7 Å². The number of aromatic nitrogens is 1. The van der Waals surface area contributed by atoms with Crippen LogP contribution >= 0.6 is 0 Å². The predicted molar refractivity (Wildman–Crippen MR) is 211 cm³/mol. The van der Waals surface area contributed by atoms with Crippen LogP contribution in [0.4, 0.5) is 11.6 Å². The van der Waals surface area contributed by atoms with Gasteiger partial charge < -0.3 is 5.32 Å². The van der Waals surface area contributed by atoms with Crippen LogP contribution in [0.5, 0.6) is 0 Å². The zero-order valence-corrected chi connectivity index (χ0v) is 32.6. The monoisotopic (exact) mass is 695 g/mol. The number of fused-ring (bicyclic) bond motifs is 12. The van der Waals surface area contributed by atoms with Gasteiger partial charge in [0, 0.05) is 16.3 Å². The van der Waals surface area contributed by atoms with Gasteiger partial charge in [0.15, 0.2) is 0 Å². The fraction of sp³-hybridized carbons (Fsp3) is 0.311. The number of hydrogen-bond acceptors (Lipinski definition) is 4. The lowest BCUT2D eigenvalue weighted by atomic mass is 9.92. The lowest BCUT2D eigenvalue weighted by Crippen LogP contribution is -2.73. The maximum absolute atomic E-state index is 5.84. The summed E-state index contributed by atoms with van der Waals surface area (Å²) in [5, 5.41) is 10.9. The maximum atomic E-state index is 5.84. The molecule has 2 unspecified atom stereocenters. The number of nitrogens with zero attached hydrogens (tertiary/aromatic N) is 6. The molecule has 4 aromatic carbocycles. The molecule has 260 valence electrons. The van der Waals surface area contributed by atoms with Crippen LogP contribution in [-0.2, 0) is 5.91 Å². The van der Waals surface area contributed by atoms with Crippen LogP contribution in [0.1, 0.15) is 106 Å². The minimum absolute atomic E-state index is 0.164. The number of aliphatic imine (C=N–C) groups is 2. The second kappa shape index (κ2) is 8.76. The predicted octanol–water partition coefficient (Wildman–Crippen LogP) is 7.51. The molecule has 7 aliphatic rings. The molecule has 12 rings (SSSR count). The van der Waals surface area contributed by atoms with Gasteiger partial charge in [0.1, 0.15) is 5.82 Å². The summed E-state index contributed by atoms with van der Waals surface area (Å²) in [4.78, 5) is 11.7. The van der Waals surface area contributed by atoms with E-state index in [1.807, 2.05) is 0 Å². The van der Waals surface area contributed by atoms with Gasteiger partial charge >= 0.3 is 17.6 Å². The van der Waals surface area contributed by atoms with Gasteiger partial charge in [-0.3, -0.25) is 0 Å². The first kappa shape index (κ1) is 29.9. The molecule has 8 nitrogen and oxygen atoms in total. The van der Waals surface area contributed by atoms with Crippen molar-refractivity contribution >= 4 is 51.6 Å². The highest BCUT2D eigenvalue weighted by Crippen LogP contribution is 2.58. The molecule has 53 heavy (non-hydrogen) atoms. The molecule has 0 fully saturated rings. The van der Waals surface area contributed by atoms with E-state index in [-0.39, 0.29) is 6.17 Å². The lowest BCUT2D eigenvalue weighted by molar-refractivity contribution is -0.998. The van der Waals surface area contributed by atoms with Crippen molar-refractivity contribution in [1.29, 1.82) is 0 Å². The van der Waals surface area contributed by atoms with Crippen molar-refractivity contribution in [2.24, 2.45) is 9.98 Å². The molecule has 0 radical (unpaired) electrons. The molecule has 0 amide bonds. The Balaban J connectivity index is 1.39. The van der Waals surface area contributed by atoms with Crippen molar-refractivity contribution in [2.75, 3.05) is 5.32 Å². The van der Waals surface area contributed by atoms with Gasteiger partial charge in [-0.05, 0) is 155 Å². The normalized spacial score (nSPS) is 21.4. The summed E-state index contributed by atoms with van der Waals surface area (Å²) in [7, 11) is 0. The molecule has 7 aliphatic heterocycles. The standard InChI is InChI=1S/C45H41N8/c1-17-13-21(5)29-33(25(17)9)41-48-42-34-26(10)18(2)14-22(6)30(34)39-47-40-32-24(8)16-20(4)28(12)36(32)44-49-43-35-27(11)19(3)15-23(7)31(35)38-46-37(29)50(41)45(51(39)42,52(38)43)53(40)44/h13-16,41H,1-12H3/q+1/p+2. The topological polar surface area (TPSA) is 62.7 Å².